The number of allylic oxidation sites excluding steroid dienone is 6. The van der Waals surface area contributed by atoms with Gasteiger partial charge in [-0.15, -0.1) is 0 Å². The summed E-state index contributed by atoms with van der Waals surface area (Å²) in [5, 5.41) is 0. The standard InChI is InChI=1S/C17H20O/c18-13-6-9-15-12(10-13)5-8-16-14-3-1-2-11(14)4-7-17(15)16/h2,4,7,12,14,16H,1,3,5-6,8-10H2. The highest BCUT2D eigenvalue weighted by molar-refractivity contribution is 5.80. The minimum atomic E-state index is 0.490. The second kappa shape index (κ2) is 3.94. The van der Waals surface area contributed by atoms with Gasteiger partial charge in [-0.1, -0.05) is 23.8 Å². The Morgan fingerprint density at radius 3 is 2.89 bits per heavy atom. The summed E-state index contributed by atoms with van der Waals surface area (Å²) in [4.78, 5) is 11.6. The van der Waals surface area contributed by atoms with Gasteiger partial charge in [0.15, 0.2) is 0 Å². The van der Waals surface area contributed by atoms with Crippen molar-refractivity contribution in [2.75, 3.05) is 0 Å². The molecule has 3 atom stereocenters. The summed E-state index contributed by atoms with van der Waals surface area (Å²) < 4.78 is 0. The first kappa shape index (κ1) is 10.8. The number of carbonyl (C=O) groups is 1. The van der Waals surface area contributed by atoms with Crippen molar-refractivity contribution in [1.82, 2.24) is 0 Å². The molecule has 0 saturated heterocycles. The molecule has 0 radical (unpaired) electrons. The van der Waals surface area contributed by atoms with Gasteiger partial charge in [0.2, 0.25) is 0 Å². The molecule has 1 fully saturated rings. The molecule has 0 bridgehead atoms. The van der Waals surface area contributed by atoms with E-state index in [9.17, 15) is 4.79 Å². The van der Waals surface area contributed by atoms with Gasteiger partial charge in [-0.05, 0) is 61.0 Å². The Balaban J connectivity index is 1.75. The van der Waals surface area contributed by atoms with Crippen LogP contribution in [0.2, 0.25) is 0 Å². The van der Waals surface area contributed by atoms with Crippen LogP contribution in [0.15, 0.2) is 34.9 Å². The average molecular weight is 240 g/mol. The zero-order valence-corrected chi connectivity index (χ0v) is 10.8. The number of carbonyl (C=O) groups excluding carboxylic acids is 1. The first-order valence-corrected chi connectivity index (χ1v) is 7.45. The van der Waals surface area contributed by atoms with E-state index >= 15 is 0 Å². The molecule has 18 heavy (non-hydrogen) atoms. The van der Waals surface area contributed by atoms with E-state index in [0.29, 0.717) is 11.7 Å². The molecule has 0 amide bonds. The fourth-order valence-electron chi connectivity index (χ4n) is 4.62. The molecule has 0 heterocycles. The van der Waals surface area contributed by atoms with Crippen LogP contribution in [0.5, 0.6) is 0 Å². The number of ketones is 1. The summed E-state index contributed by atoms with van der Waals surface area (Å²) in [5.74, 6) is 2.66. The number of fused-ring (bicyclic) bond motifs is 4. The molecule has 0 aromatic carbocycles. The van der Waals surface area contributed by atoms with E-state index in [2.05, 4.69) is 18.2 Å². The van der Waals surface area contributed by atoms with E-state index in [-0.39, 0.29) is 0 Å². The lowest BCUT2D eigenvalue weighted by atomic mass is 9.64. The summed E-state index contributed by atoms with van der Waals surface area (Å²) in [6.45, 7) is 0. The van der Waals surface area contributed by atoms with Crippen LogP contribution in [-0.2, 0) is 4.79 Å². The van der Waals surface area contributed by atoms with Gasteiger partial charge in [-0.25, -0.2) is 0 Å². The Labute approximate surface area is 109 Å². The number of hydrogen-bond acceptors (Lipinski definition) is 1. The van der Waals surface area contributed by atoms with E-state index in [0.717, 1.165) is 31.1 Å². The molecule has 4 aliphatic carbocycles. The van der Waals surface area contributed by atoms with Crippen LogP contribution in [-0.4, -0.2) is 5.78 Å². The summed E-state index contributed by atoms with van der Waals surface area (Å²) >= 11 is 0. The van der Waals surface area contributed by atoms with Crippen molar-refractivity contribution in [3.05, 3.63) is 34.9 Å². The second-order valence-electron chi connectivity index (χ2n) is 6.33. The number of rotatable bonds is 0. The first-order chi connectivity index (χ1) is 8.83. The summed E-state index contributed by atoms with van der Waals surface area (Å²) in [5.41, 5.74) is 4.87. The molecule has 4 rings (SSSR count). The molecule has 1 heteroatoms. The minimum Gasteiger partial charge on any atom is -0.300 e. The van der Waals surface area contributed by atoms with Crippen LogP contribution >= 0.6 is 0 Å². The topological polar surface area (TPSA) is 17.1 Å². The maximum absolute atomic E-state index is 11.6. The smallest absolute Gasteiger partial charge is 0.133 e. The van der Waals surface area contributed by atoms with Crippen molar-refractivity contribution in [1.29, 1.82) is 0 Å². The van der Waals surface area contributed by atoms with Crippen LogP contribution in [0.3, 0.4) is 0 Å². The Morgan fingerprint density at radius 1 is 1.00 bits per heavy atom. The van der Waals surface area contributed by atoms with Gasteiger partial charge >= 0.3 is 0 Å². The normalized spacial score (nSPS) is 38.1. The van der Waals surface area contributed by atoms with Crippen molar-refractivity contribution in [3.8, 4) is 0 Å². The molecular weight excluding hydrogens is 220 g/mol. The maximum Gasteiger partial charge on any atom is 0.133 e. The molecule has 0 aromatic heterocycles. The Bertz CT molecular complexity index is 492. The number of Topliss-reactive ketones (excluding diaryl/α,β-unsaturated/α-hetero) is 1. The summed E-state index contributed by atoms with van der Waals surface area (Å²) in [6.07, 6.45) is 15.0. The second-order valence-corrected chi connectivity index (χ2v) is 6.33. The third-order valence-electron chi connectivity index (χ3n) is 5.46. The van der Waals surface area contributed by atoms with Gasteiger partial charge in [-0.3, -0.25) is 4.79 Å². The highest BCUT2D eigenvalue weighted by Gasteiger charge is 2.39. The molecule has 0 N–H and O–H groups in total. The zero-order chi connectivity index (χ0) is 12.1. The van der Waals surface area contributed by atoms with Crippen molar-refractivity contribution in [3.63, 3.8) is 0 Å². The van der Waals surface area contributed by atoms with Gasteiger partial charge in [0, 0.05) is 12.8 Å². The SMILES string of the molecule is O=C1CCC2=C3C=CC4=CCCC4C3CCC2C1. The van der Waals surface area contributed by atoms with Crippen LogP contribution in [0, 0.1) is 17.8 Å². The monoisotopic (exact) mass is 240 g/mol. The first-order valence-electron chi connectivity index (χ1n) is 7.45. The molecule has 1 nitrogen and oxygen atoms in total. The van der Waals surface area contributed by atoms with Gasteiger partial charge in [-0.2, -0.15) is 0 Å². The van der Waals surface area contributed by atoms with E-state index in [1.165, 1.54) is 25.7 Å². The van der Waals surface area contributed by atoms with Crippen molar-refractivity contribution >= 4 is 5.78 Å². The van der Waals surface area contributed by atoms with E-state index in [1.54, 1.807) is 16.7 Å². The predicted molar refractivity (Wildman–Crippen MR) is 72.0 cm³/mol. The third-order valence-corrected chi connectivity index (χ3v) is 5.46. The van der Waals surface area contributed by atoms with Crippen LogP contribution in [0.25, 0.3) is 0 Å². The van der Waals surface area contributed by atoms with E-state index < -0.39 is 0 Å². The van der Waals surface area contributed by atoms with Crippen molar-refractivity contribution in [2.24, 2.45) is 17.8 Å². The zero-order valence-electron chi connectivity index (χ0n) is 10.8. The molecule has 94 valence electrons. The molecule has 4 aliphatic rings. The largest absolute Gasteiger partial charge is 0.300 e. The van der Waals surface area contributed by atoms with Crippen molar-refractivity contribution < 1.29 is 4.79 Å². The molecular formula is C17H20O. The predicted octanol–water partition coefficient (Wildman–Crippen LogP) is 3.97. The van der Waals surface area contributed by atoms with Gasteiger partial charge in [0.1, 0.15) is 5.78 Å². The number of hydrogen-bond donors (Lipinski definition) is 0. The minimum absolute atomic E-state index is 0.490. The Morgan fingerprint density at radius 2 is 1.94 bits per heavy atom. The van der Waals surface area contributed by atoms with Crippen molar-refractivity contribution in [2.45, 2.75) is 44.9 Å². The molecule has 3 unspecified atom stereocenters. The maximum atomic E-state index is 11.6. The van der Waals surface area contributed by atoms with Gasteiger partial charge < -0.3 is 0 Å². The van der Waals surface area contributed by atoms with E-state index in [4.69, 9.17) is 0 Å². The third kappa shape index (κ3) is 1.49. The molecule has 0 aromatic rings. The average Bonchev–Trinajstić information content (AvgIpc) is 2.86. The lowest BCUT2D eigenvalue weighted by Gasteiger charge is -2.40. The lowest BCUT2D eigenvalue weighted by molar-refractivity contribution is -0.120. The fourth-order valence-corrected chi connectivity index (χ4v) is 4.62. The molecule has 0 aliphatic heterocycles. The van der Waals surface area contributed by atoms with Gasteiger partial charge in [0.25, 0.3) is 0 Å². The Kier molecular flexibility index (Phi) is 2.36. The quantitative estimate of drug-likeness (QED) is 0.626. The van der Waals surface area contributed by atoms with Crippen LogP contribution in [0.1, 0.15) is 44.9 Å². The van der Waals surface area contributed by atoms with Crippen LogP contribution in [0.4, 0.5) is 0 Å². The fraction of sp³-hybridized carbons (Fsp3) is 0.588. The summed E-state index contributed by atoms with van der Waals surface area (Å²) in [7, 11) is 0. The lowest BCUT2D eigenvalue weighted by Crippen LogP contribution is -2.30. The molecule has 0 spiro atoms. The summed E-state index contributed by atoms with van der Waals surface area (Å²) in [6, 6.07) is 0. The Hall–Kier alpha value is -1.11. The van der Waals surface area contributed by atoms with Gasteiger partial charge in [0.05, 0.1) is 0 Å². The van der Waals surface area contributed by atoms with E-state index in [1.807, 2.05) is 0 Å². The molecule has 1 saturated carbocycles. The van der Waals surface area contributed by atoms with Crippen LogP contribution < -0.4 is 0 Å². The highest BCUT2D eigenvalue weighted by atomic mass is 16.1. The highest BCUT2D eigenvalue weighted by Crippen LogP contribution is 2.50.